The Kier molecular flexibility index (Phi) is 3.20. The summed E-state index contributed by atoms with van der Waals surface area (Å²) in [5, 5.41) is 8.57. The molecular formula is C8H7F3N4O. The van der Waals surface area contributed by atoms with Crippen LogP contribution in [0.3, 0.4) is 0 Å². The normalized spacial score (nSPS) is 10.9. The van der Waals surface area contributed by atoms with Crippen molar-refractivity contribution in [3.8, 4) is 11.8 Å². The number of nitrogen functional groups attached to an aromatic ring is 1. The Bertz CT molecular complexity index is 438. The van der Waals surface area contributed by atoms with Crippen LogP contribution in [0.4, 0.5) is 18.9 Å². The lowest BCUT2D eigenvalue weighted by molar-refractivity contribution is -0.275. The molecule has 0 atom stereocenters. The number of pyridine rings is 1. The fourth-order valence-corrected chi connectivity index (χ4v) is 1.06. The largest absolute Gasteiger partial charge is 0.573 e. The molecule has 0 saturated heterocycles. The molecule has 0 fully saturated rings. The van der Waals surface area contributed by atoms with Gasteiger partial charge in [-0.1, -0.05) is 0 Å². The highest BCUT2D eigenvalue weighted by Crippen LogP contribution is 2.30. The highest BCUT2D eigenvalue weighted by molar-refractivity contribution is 5.60. The Labute approximate surface area is 88.4 Å². The van der Waals surface area contributed by atoms with Gasteiger partial charge < -0.3 is 16.2 Å². The van der Waals surface area contributed by atoms with Gasteiger partial charge in [-0.25, -0.2) is 4.98 Å². The third-order valence-corrected chi connectivity index (χ3v) is 1.72. The molecule has 0 aliphatic heterocycles. The van der Waals surface area contributed by atoms with Crippen molar-refractivity contribution in [1.82, 2.24) is 4.98 Å². The highest BCUT2D eigenvalue weighted by atomic mass is 19.4. The lowest BCUT2D eigenvalue weighted by atomic mass is 10.1. The van der Waals surface area contributed by atoms with E-state index in [4.69, 9.17) is 16.7 Å². The molecule has 5 nitrogen and oxygen atoms in total. The van der Waals surface area contributed by atoms with Crippen molar-refractivity contribution >= 4 is 5.69 Å². The van der Waals surface area contributed by atoms with Crippen LogP contribution in [0.25, 0.3) is 0 Å². The van der Waals surface area contributed by atoms with E-state index in [0.717, 1.165) is 6.20 Å². The quantitative estimate of drug-likeness (QED) is 0.789. The van der Waals surface area contributed by atoms with E-state index in [1.165, 1.54) is 0 Å². The zero-order chi connectivity index (χ0) is 12.3. The predicted octanol–water partition coefficient (Wildman–Crippen LogP) is 0.893. The first kappa shape index (κ1) is 12.1. The number of nitrogens with two attached hydrogens (primary N) is 2. The second-order valence-corrected chi connectivity index (χ2v) is 2.73. The van der Waals surface area contributed by atoms with Gasteiger partial charge in [-0.2, -0.15) is 5.26 Å². The summed E-state index contributed by atoms with van der Waals surface area (Å²) in [6.07, 6.45) is -4.09. The Morgan fingerprint density at radius 2 is 2.12 bits per heavy atom. The van der Waals surface area contributed by atoms with Gasteiger partial charge in [0.25, 0.3) is 0 Å². The number of hydrogen-bond donors (Lipinski definition) is 2. The molecular weight excluding hydrogens is 225 g/mol. The van der Waals surface area contributed by atoms with Crippen molar-refractivity contribution < 1.29 is 17.9 Å². The minimum absolute atomic E-state index is 0.0936. The van der Waals surface area contributed by atoms with Gasteiger partial charge in [-0.05, 0) is 0 Å². The Morgan fingerprint density at radius 3 is 2.56 bits per heavy atom. The number of aromatic nitrogens is 1. The van der Waals surface area contributed by atoms with Crippen LogP contribution < -0.4 is 16.2 Å². The molecule has 1 aromatic heterocycles. The van der Waals surface area contributed by atoms with Crippen molar-refractivity contribution in [1.29, 1.82) is 5.26 Å². The van der Waals surface area contributed by atoms with E-state index >= 15 is 0 Å². The van der Waals surface area contributed by atoms with Crippen molar-refractivity contribution in [2.45, 2.75) is 12.9 Å². The predicted molar refractivity (Wildman–Crippen MR) is 47.9 cm³/mol. The van der Waals surface area contributed by atoms with E-state index in [9.17, 15) is 13.2 Å². The van der Waals surface area contributed by atoms with Crippen LogP contribution in [0.5, 0.6) is 5.75 Å². The Balaban J connectivity index is 3.22. The third kappa shape index (κ3) is 2.52. The molecule has 16 heavy (non-hydrogen) atoms. The van der Waals surface area contributed by atoms with Gasteiger partial charge in [-0.3, -0.25) is 0 Å². The maximum absolute atomic E-state index is 12.0. The molecule has 1 heterocycles. The first-order valence-electron chi connectivity index (χ1n) is 4.02. The molecule has 4 N–H and O–H groups in total. The summed E-state index contributed by atoms with van der Waals surface area (Å²) in [6.45, 7) is -0.283. The minimum atomic E-state index is -4.85. The number of hydrogen-bond acceptors (Lipinski definition) is 5. The van der Waals surface area contributed by atoms with Crippen LogP contribution in [-0.2, 0) is 6.54 Å². The molecule has 0 aliphatic rings. The van der Waals surface area contributed by atoms with E-state index in [2.05, 4.69) is 9.72 Å². The Hall–Kier alpha value is -2.01. The van der Waals surface area contributed by atoms with Crippen molar-refractivity contribution in [3.63, 3.8) is 0 Å². The second kappa shape index (κ2) is 4.24. The lowest BCUT2D eigenvalue weighted by Gasteiger charge is -2.13. The SMILES string of the molecule is N#Cc1ncc(OC(F)(F)F)c(CN)c1N. The summed E-state index contributed by atoms with van der Waals surface area (Å²) < 4.78 is 39.6. The van der Waals surface area contributed by atoms with Crippen molar-refractivity contribution in [2.75, 3.05) is 5.73 Å². The summed E-state index contributed by atoms with van der Waals surface area (Å²) in [7, 11) is 0. The fraction of sp³-hybridized carbons (Fsp3) is 0.250. The van der Waals surface area contributed by atoms with Gasteiger partial charge >= 0.3 is 6.36 Å². The highest BCUT2D eigenvalue weighted by Gasteiger charge is 2.32. The minimum Gasteiger partial charge on any atom is -0.404 e. The molecule has 0 saturated carbocycles. The Morgan fingerprint density at radius 1 is 1.50 bits per heavy atom. The van der Waals surface area contributed by atoms with Crippen LogP contribution in [0.15, 0.2) is 6.20 Å². The molecule has 0 spiro atoms. The molecule has 1 aromatic rings. The smallest absolute Gasteiger partial charge is 0.404 e. The number of nitrogens with zero attached hydrogens (tertiary/aromatic N) is 2. The molecule has 8 heteroatoms. The lowest BCUT2D eigenvalue weighted by Crippen LogP contribution is -2.20. The third-order valence-electron chi connectivity index (χ3n) is 1.72. The molecule has 0 aliphatic carbocycles. The standard InChI is InChI=1S/C8H7F3N4O/c9-8(10,11)16-6-3-15-5(2-13)7(14)4(6)1-12/h3H,1,12,14H2. The molecule has 0 amide bonds. The average molecular weight is 232 g/mol. The van der Waals surface area contributed by atoms with E-state index in [1.807, 2.05) is 0 Å². The monoisotopic (exact) mass is 232 g/mol. The van der Waals surface area contributed by atoms with E-state index in [-0.39, 0.29) is 23.5 Å². The van der Waals surface area contributed by atoms with Crippen LogP contribution >= 0.6 is 0 Å². The zero-order valence-corrected chi connectivity index (χ0v) is 7.88. The average Bonchev–Trinajstić information content (AvgIpc) is 2.16. The summed E-state index contributed by atoms with van der Waals surface area (Å²) in [5.74, 6) is -0.591. The van der Waals surface area contributed by atoms with E-state index < -0.39 is 12.1 Å². The topological polar surface area (TPSA) is 97.9 Å². The number of anilines is 1. The number of alkyl halides is 3. The van der Waals surface area contributed by atoms with Gasteiger partial charge in [0, 0.05) is 12.1 Å². The number of ether oxygens (including phenoxy) is 1. The molecule has 0 radical (unpaired) electrons. The van der Waals surface area contributed by atoms with E-state index in [0.29, 0.717) is 0 Å². The van der Waals surface area contributed by atoms with Crippen LogP contribution in [0.2, 0.25) is 0 Å². The molecule has 0 bridgehead atoms. The summed E-state index contributed by atoms with van der Waals surface area (Å²) >= 11 is 0. The van der Waals surface area contributed by atoms with E-state index in [1.54, 1.807) is 6.07 Å². The fourth-order valence-electron chi connectivity index (χ4n) is 1.06. The first-order valence-corrected chi connectivity index (χ1v) is 4.02. The van der Waals surface area contributed by atoms with Crippen LogP contribution in [-0.4, -0.2) is 11.3 Å². The molecule has 0 aromatic carbocycles. The van der Waals surface area contributed by atoms with Gasteiger partial charge in [0.05, 0.1) is 11.9 Å². The summed E-state index contributed by atoms with van der Waals surface area (Å²) in [5.41, 5.74) is 10.2. The van der Waals surface area contributed by atoms with Gasteiger partial charge in [-0.15, -0.1) is 13.2 Å². The van der Waals surface area contributed by atoms with Gasteiger partial charge in [0.15, 0.2) is 11.4 Å². The van der Waals surface area contributed by atoms with Crippen molar-refractivity contribution in [3.05, 3.63) is 17.5 Å². The maximum Gasteiger partial charge on any atom is 0.573 e. The molecule has 86 valence electrons. The van der Waals surface area contributed by atoms with Gasteiger partial charge in [0.1, 0.15) is 6.07 Å². The van der Waals surface area contributed by atoms with Crippen LogP contribution in [0, 0.1) is 11.3 Å². The number of halogens is 3. The number of rotatable bonds is 2. The summed E-state index contributed by atoms with van der Waals surface area (Å²) in [6, 6.07) is 1.63. The number of nitriles is 1. The maximum atomic E-state index is 12.0. The van der Waals surface area contributed by atoms with Crippen molar-refractivity contribution in [2.24, 2.45) is 5.73 Å². The second-order valence-electron chi connectivity index (χ2n) is 2.73. The summed E-state index contributed by atoms with van der Waals surface area (Å²) in [4.78, 5) is 3.42. The first-order chi connectivity index (χ1) is 7.39. The van der Waals surface area contributed by atoms with Gasteiger partial charge in [0.2, 0.25) is 0 Å². The molecule has 1 rings (SSSR count). The molecule has 0 unspecified atom stereocenters. The zero-order valence-electron chi connectivity index (χ0n) is 7.88. The van der Waals surface area contributed by atoms with Crippen LogP contribution in [0.1, 0.15) is 11.3 Å².